The van der Waals surface area contributed by atoms with Crippen molar-refractivity contribution in [2.24, 2.45) is 0 Å². The fraction of sp³-hybridized carbons (Fsp3) is 0.167. The van der Waals surface area contributed by atoms with Gasteiger partial charge in [0, 0.05) is 12.3 Å². The van der Waals surface area contributed by atoms with Crippen LogP contribution in [0.4, 0.5) is 4.39 Å². The molecule has 1 aromatic rings. The number of pyridine rings is 1. The Bertz CT molecular complexity index is 166. The Morgan fingerprint density at radius 2 is 2.44 bits per heavy atom. The summed E-state index contributed by atoms with van der Waals surface area (Å²) in [4.78, 5) is 3.71. The fourth-order valence-electron chi connectivity index (χ4n) is 0.488. The third-order valence-electron chi connectivity index (χ3n) is 0.840. The predicted molar refractivity (Wildman–Crippen MR) is 30.8 cm³/mol. The molecule has 0 aliphatic heterocycles. The topological polar surface area (TPSA) is 22.1 Å². The highest BCUT2D eigenvalue weighted by molar-refractivity contribution is 5.08. The molecular formula is C6H6FNO. The fourth-order valence-corrected chi connectivity index (χ4v) is 0.488. The van der Waals surface area contributed by atoms with Crippen LogP contribution in [0.2, 0.25) is 0 Å². The van der Waals surface area contributed by atoms with E-state index in [1.54, 1.807) is 24.4 Å². The van der Waals surface area contributed by atoms with Gasteiger partial charge in [0.1, 0.15) is 0 Å². The number of aromatic nitrogens is 1. The van der Waals surface area contributed by atoms with E-state index >= 15 is 0 Å². The number of rotatable bonds is 2. The summed E-state index contributed by atoms with van der Waals surface area (Å²) in [5.41, 5.74) is 0. The van der Waals surface area contributed by atoms with E-state index in [9.17, 15) is 4.39 Å². The van der Waals surface area contributed by atoms with E-state index in [0.717, 1.165) is 0 Å². The molecule has 0 aliphatic carbocycles. The van der Waals surface area contributed by atoms with Gasteiger partial charge in [-0.1, -0.05) is 6.07 Å². The second-order valence-electron chi connectivity index (χ2n) is 1.42. The smallest absolute Gasteiger partial charge is 0.230 e. The van der Waals surface area contributed by atoms with E-state index in [4.69, 9.17) is 0 Å². The second-order valence-corrected chi connectivity index (χ2v) is 1.42. The average molecular weight is 127 g/mol. The van der Waals surface area contributed by atoms with Crippen LogP contribution in [-0.4, -0.2) is 11.8 Å². The Labute approximate surface area is 52.3 Å². The summed E-state index contributed by atoms with van der Waals surface area (Å²) >= 11 is 0. The zero-order valence-electron chi connectivity index (χ0n) is 4.75. The number of hydrogen-bond acceptors (Lipinski definition) is 2. The minimum atomic E-state index is -0.822. The lowest BCUT2D eigenvalue weighted by atomic mass is 10.5. The Hall–Kier alpha value is -1.12. The summed E-state index contributed by atoms with van der Waals surface area (Å²) in [7, 11) is 0. The molecule has 0 N–H and O–H groups in total. The van der Waals surface area contributed by atoms with Crippen molar-refractivity contribution in [2.45, 2.75) is 0 Å². The van der Waals surface area contributed by atoms with Crippen molar-refractivity contribution in [2.75, 3.05) is 6.86 Å². The van der Waals surface area contributed by atoms with E-state index in [1.165, 1.54) is 0 Å². The van der Waals surface area contributed by atoms with E-state index in [-0.39, 0.29) is 0 Å². The third kappa shape index (κ3) is 1.68. The second kappa shape index (κ2) is 3.02. The monoisotopic (exact) mass is 127 g/mol. The SMILES string of the molecule is FCOc1ccccn1. The molecule has 0 atom stereocenters. The number of nitrogens with zero attached hydrogens (tertiary/aromatic N) is 1. The zero-order valence-corrected chi connectivity index (χ0v) is 4.75. The van der Waals surface area contributed by atoms with Gasteiger partial charge >= 0.3 is 0 Å². The van der Waals surface area contributed by atoms with Gasteiger partial charge in [0.2, 0.25) is 12.7 Å². The molecular weight excluding hydrogens is 121 g/mol. The first-order valence-corrected chi connectivity index (χ1v) is 2.53. The number of alkyl halides is 1. The maximum atomic E-state index is 11.4. The first-order chi connectivity index (χ1) is 4.43. The maximum absolute atomic E-state index is 11.4. The molecule has 0 bridgehead atoms. The maximum Gasteiger partial charge on any atom is 0.230 e. The van der Waals surface area contributed by atoms with Gasteiger partial charge in [0.25, 0.3) is 0 Å². The molecule has 48 valence electrons. The van der Waals surface area contributed by atoms with Crippen LogP contribution in [0.25, 0.3) is 0 Å². The van der Waals surface area contributed by atoms with Gasteiger partial charge in [-0.2, -0.15) is 0 Å². The average Bonchev–Trinajstić information content (AvgIpc) is 1.91. The molecule has 9 heavy (non-hydrogen) atoms. The molecule has 0 amide bonds. The van der Waals surface area contributed by atoms with Gasteiger partial charge in [0.15, 0.2) is 0 Å². The zero-order chi connectivity index (χ0) is 6.53. The van der Waals surface area contributed by atoms with Crippen LogP contribution < -0.4 is 4.74 Å². The Balaban J connectivity index is 2.61. The van der Waals surface area contributed by atoms with E-state index in [0.29, 0.717) is 5.88 Å². The van der Waals surface area contributed by atoms with Gasteiger partial charge < -0.3 is 4.74 Å². The van der Waals surface area contributed by atoms with Crippen molar-refractivity contribution in [3.63, 3.8) is 0 Å². The molecule has 0 saturated heterocycles. The van der Waals surface area contributed by atoms with Crippen LogP contribution in [0.3, 0.4) is 0 Å². The van der Waals surface area contributed by atoms with Gasteiger partial charge in [-0.3, -0.25) is 0 Å². The van der Waals surface area contributed by atoms with Crippen LogP contribution >= 0.6 is 0 Å². The molecule has 0 saturated carbocycles. The molecule has 0 radical (unpaired) electrons. The molecule has 1 rings (SSSR count). The number of hydrogen-bond donors (Lipinski definition) is 0. The Kier molecular flexibility index (Phi) is 2.01. The standard InChI is InChI=1S/C6H6FNO/c7-5-9-6-3-1-2-4-8-6/h1-4H,5H2. The van der Waals surface area contributed by atoms with Crippen molar-refractivity contribution in [1.29, 1.82) is 0 Å². The minimum absolute atomic E-state index is 0.319. The summed E-state index contributed by atoms with van der Waals surface area (Å²) in [5.74, 6) is 0.319. The predicted octanol–water partition coefficient (Wildman–Crippen LogP) is 1.39. The summed E-state index contributed by atoms with van der Waals surface area (Å²) < 4.78 is 15.8. The number of halogens is 1. The molecule has 1 heterocycles. The lowest BCUT2D eigenvalue weighted by molar-refractivity contribution is 0.185. The van der Waals surface area contributed by atoms with Gasteiger partial charge in [-0.25, -0.2) is 9.37 Å². The third-order valence-corrected chi connectivity index (χ3v) is 0.840. The van der Waals surface area contributed by atoms with Crippen LogP contribution in [0.5, 0.6) is 5.88 Å². The lowest BCUT2D eigenvalue weighted by Crippen LogP contribution is -1.90. The van der Waals surface area contributed by atoms with Crippen LogP contribution in [-0.2, 0) is 0 Å². The molecule has 0 aliphatic rings. The Morgan fingerprint density at radius 3 is 3.00 bits per heavy atom. The first kappa shape index (κ1) is 6.01. The van der Waals surface area contributed by atoms with Gasteiger partial charge in [-0.15, -0.1) is 0 Å². The molecule has 0 spiro atoms. The molecule has 0 unspecified atom stereocenters. The van der Waals surface area contributed by atoms with Crippen LogP contribution in [0.1, 0.15) is 0 Å². The highest BCUT2D eigenvalue weighted by Crippen LogP contribution is 2.01. The molecule has 1 aromatic heterocycles. The molecule has 0 aromatic carbocycles. The molecule has 0 fully saturated rings. The highest BCUT2D eigenvalue weighted by atomic mass is 19.1. The van der Waals surface area contributed by atoms with Crippen molar-refractivity contribution >= 4 is 0 Å². The van der Waals surface area contributed by atoms with Crippen LogP contribution in [0, 0.1) is 0 Å². The summed E-state index contributed by atoms with van der Waals surface area (Å²) in [5, 5.41) is 0. The van der Waals surface area contributed by atoms with Gasteiger partial charge in [-0.05, 0) is 6.07 Å². The molecule has 2 nitrogen and oxygen atoms in total. The largest absolute Gasteiger partial charge is 0.446 e. The highest BCUT2D eigenvalue weighted by Gasteiger charge is 1.87. The van der Waals surface area contributed by atoms with E-state index in [2.05, 4.69) is 9.72 Å². The molecule has 3 heteroatoms. The Morgan fingerprint density at radius 1 is 1.56 bits per heavy atom. The van der Waals surface area contributed by atoms with Crippen molar-refractivity contribution in [1.82, 2.24) is 4.98 Å². The quantitative estimate of drug-likeness (QED) is 0.598. The van der Waals surface area contributed by atoms with Crippen molar-refractivity contribution in [3.05, 3.63) is 24.4 Å². The summed E-state index contributed by atoms with van der Waals surface area (Å²) in [6, 6.07) is 5.07. The summed E-state index contributed by atoms with van der Waals surface area (Å²) in [6.07, 6.45) is 1.55. The summed E-state index contributed by atoms with van der Waals surface area (Å²) in [6.45, 7) is -0.822. The normalized spacial score (nSPS) is 9.00. The first-order valence-electron chi connectivity index (χ1n) is 2.53. The number of ether oxygens (including phenoxy) is 1. The lowest BCUT2D eigenvalue weighted by Gasteiger charge is -1.95. The van der Waals surface area contributed by atoms with Crippen molar-refractivity contribution in [3.8, 4) is 5.88 Å². The van der Waals surface area contributed by atoms with Crippen molar-refractivity contribution < 1.29 is 9.13 Å². The van der Waals surface area contributed by atoms with E-state index < -0.39 is 6.86 Å². The van der Waals surface area contributed by atoms with E-state index in [1.807, 2.05) is 0 Å². The van der Waals surface area contributed by atoms with Gasteiger partial charge in [0.05, 0.1) is 0 Å². The minimum Gasteiger partial charge on any atom is -0.446 e. The van der Waals surface area contributed by atoms with Crippen LogP contribution in [0.15, 0.2) is 24.4 Å².